The third-order valence-corrected chi connectivity index (χ3v) is 7.41. The second-order valence-corrected chi connectivity index (χ2v) is 12.5. The molecule has 0 saturated carbocycles. The zero-order valence-electron chi connectivity index (χ0n) is 27.0. The van der Waals surface area contributed by atoms with Gasteiger partial charge in [0.25, 0.3) is 5.91 Å². The van der Waals surface area contributed by atoms with Gasteiger partial charge in [-0.2, -0.15) is 0 Å². The summed E-state index contributed by atoms with van der Waals surface area (Å²) in [6.07, 6.45) is 0.847. The van der Waals surface area contributed by atoms with Crippen molar-refractivity contribution in [3.05, 3.63) is 101 Å². The molecule has 9 nitrogen and oxygen atoms in total. The molecule has 3 aromatic carbocycles. The molecule has 0 fully saturated rings. The quantitative estimate of drug-likeness (QED) is 0.176. The molecule has 0 unspecified atom stereocenters. The van der Waals surface area contributed by atoms with Gasteiger partial charge in [-0.1, -0.05) is 100.0 Å². The van der Waals surface area contributed by atoms with Gasteiger partial charge in [-0.15, -0.1) is 0 Å². The van der Waals surface area contributed by atoms with Crippen LogP contribution >= 0.6 is 11.6 Å². The van der Waals surface area contributed by atoms with Crippen molar-refractivity contribution in [1.29, 1.82) is 0 Å². The molecule has 3 atom stereocenters. The molecular weight excluding hydrogens is 606 g/mol. The fourth-order valence-corrected chi connectivity index (χ4v) is 5.08. The topological polar surface area (TPSA) is 123 Å². The maximum absolute atomic E-state index is 13.7. The van der Waals surface area contributed by atoms with Gasteiger partial charge < -0.3 is 25.4 Å². The number of esters is 1. The molecule has 10 heteroatoms. The number of amides is 3. The average molecular weight is 650 g/mol. The lowest BCUT2D eigenvalue weighted by atomic mass is 9.99. The highest BCUT2D eigenvalue weighted by atomic mass is 35.5. The highest BCUT2D eigenvalue weighted by Crippen LogP contribution is 2.24. The second-order valence-electron chi connectivity index (χ2n) is 12.0. The lowest BCUT2D eigenvalue weighted by Crippen LogP contribution is -2.56. The van der Waals surface area contributed by atoms with Gasteiger partial charge in [0, 0.05) is 11.4 Å². The van der Waals surface area contributed by atoms with E-state index in [1.807, 2.05) is 88.4 Å². The van der Waals surface area contributed by atoms with Gasteiger partial charge in [0.2, 0.25) is 11.8 Å². The third kappa shape index (κ3) is 11.5. The largest absolute Gasteiger partial charge is 0.488 e. The van der Waals surface area contributed by atoms with Crippen LogP contribution in [0, 0.1) is 11.8 Å². The Kier molecular flexibility index (Phi) is 14.1. The maximum atomic E-state index is 13.7. The second kappa shape index (κ2) is 17.9. The van der Waals surface area contributed by atoms with E-state index >= 15 is 0 Å². The van der Waals surface area contributed by atoms with Crippen LogP contribution in [0.2, 0.25) is 5.02 Å². The number of halogens is 1. The predicted molar refractivity (Wildman–Crippen MR) is 178 cm³/mol. The molecule has 3 rings (SSSR count). The summed E-state index contributed by atoms with van der Waals surface area (Å²) in [5.41, 5.74) is 1.95. The first-order valence-electron chi connectivity index (χ1n) is 15.5. The number of benzene rings is 3. The molecule has 3 N–H and O–H groups in total. The number of nitrogens with one attached hydrogen (secondary N) is 3. The zero-order chi connectivity index (χ0) is 33.6. The number of carbonyl (C=O) groups is 4. The van der Waals surface area contributed by atoms with Gasteiger partial charge in [0.15, 0.2) is 0 Å². The van der Waals surface area contributed by atoms with Crippen LogP contribution in [0.3, 0.4) is 0 Å². The first-order valence-corrected chi connectivity index (χ1v) is 15.8. The fourth-order valence-electron chi connectivity index (χ4n) is 4.91. The molecule has 0 aliphatic carbocycles. The summed E-state index contributed by atoms with van der Waals surface area (Å²) >= 11 is 6.25. The van der Waals surface area contributed by atoms with Crippen molar-refractivity contribution in [2.45, 2.75) is 71.7 Å². The van der Waals surface area contributed by atoms with E-state index in [1.54, 1.807) is 12.1 Å². The Morgan fingerprint density at radius 1 is 0.696 bits per heavy atom. The van der Waals surface area contributed by atoms with Crippen molar-refractivity contribution in [1.82, 2.24) is 16.0 Å². The Balaban J connectivity index is 1.78. The van der Waals surface area contributed by atoms with Gasteiger partial charge in [0.05, 0.1) is 12.7 Å². The smallest absolute Gasteiger partial charge is 0.328 e. The van der Waals surface area contributed by atoms with Crippen molar-refractivity contribution in [3.63, 3.8) is 0 Å². The molecule has 0 aromatic heterocycles. The highest BCUT2D eigenvalue weighted by molar-refractivity contribution is 6.31. The molecule has 0 radical (unpaired) electrons. The van der Waals surface area contributed by atoms with Crippen LogP contribution in [0.25, 0.3) is 0 Å². The lowest BCUT2D eigenvalue weighted by Gasteiger charge is -2.26. The van der Waals surface area contributed by atoms with Gasteiger partial charge in [0.1, 0.15) is 30.5 Å². The third-order valence-electron chi connectivity index (χ3n) is 7.18. The minimum atomic E-state index is -0.961. The Bertz CT molecular complexity index is 1450. The van der Waals surface area contributed by atoms with Gasteiger partial charge >= 0.3 is 5.97 Å². The molecule has 3 amide bonds. The van der Waals surface area contributed by atoms with Crippen molar-refractivity contribution in [3.8, 4) is 5.75 Å². The van der Waals surface area contributed by atoms with Crippen LogP contribution in [0.5, 0.6) is 5.75 Å². The fraction of sp³-hybridized carbons (Fsp3) is 0.389. The molecule has 0 bridgehead atoms. The SMILES string of the molecule is COC(=O)[C@H](Cc1ccccc1)NC(=O)[C@H](CC(C)C)NC(=O)[C@H](CC(C)C)NC(=O)c1cc(Cl)ccc1OCc1ccccc1. The zero-order valence-corrected chi connectivity index (χ0v) is 27.8. The minimum Gasteiger partial charge on any atom is -0.488 e. The van der Waals surface area contributed by atoms with E-state index in [1.165, 1.54) is 13.2 Å². The van der Waals surface area contributed by atoms with Gasteiger partial charge in [-0.05, 0) is 54.0 Å². The first-order chi connectivity index (χ1) is 22.0. The summed E-state index contributed by atoms with van der Waals surface area (Å²) < 4.78 is 10.9. The summed E-state index contributed by atoms with van der Waals surface area (Å²) in [4.78, 5) is 53.4. The van der Waals surface area contributed by atoms with E-state index in [0.717, 1.165) is 11.1 Å². The molecule has 0 spiro atoms. The van der Waals surface area contributed by atoms with Crippen molar-refractivity contribution < 1.29 is 28.7 Å². The minimum absolute atomic E-state index is 0.0377. The summed E-state index contributed by atoms with van der Waals surface area (Å²) in [7, 11) is 1.26. The molecular formula is C36H44ClN3O6. The van der Waals surface area contributed by atoms with E-state index < -0.39 is 41.8 Å². The van der Waals surface area contributed by atoms with Crippen molar-refractivity contribution in [2.24, 2.45) is 11.8 Å². The number of hydrogen-bond acceptors (Lipinski definition) is 6. The Labute approximate surface area is 276 Å². The van der Waals surface area contributed by atoms with E-state index in [0.29, 0.717) is 23.6 Å². The number of rotatable bonds is 16. The van der Waals surface area contributed by atoms with Crippen LogP contribution in [0.4, 0.5) is 0 Å². The first kappa shape index (κ1) is 36.1. The normalized spacial score (nSPS) is 13.0. The van der Waals surface area contributed by atoms with E-state index in [9.17, 15) is 19.2 Å². The Morgan fingerprint density at radius 2 is 1.22 bits per heavy atom. The van der Waals surface area contributed by atoms with Crippen LogP contribution in [-0.2, 0) is 32.1 Å². The summed E-state index contributed by atoms with van der Waals surface area (Å²) in [6.45, 7) is 7.96. The van der Waals surface area contributed by atoms with Crippen LogP contribution in [0.1, 0.15) is 62.0 Å². The van der Waals surface area contributed by atoms with Crippen LogP contribution in [0.15, 0.2) is 78.9 Å². The van der Waals surface area contributed by atoms with Gasteiger partial charge in [-0.3, -0.25) is 14.4 Å². The Morgan fingerprint density at radius 3 is 1.76 bits per heavy atom. The number of carbonyl (C=O) groups excluding carboxylic acids is 4. The monoisotopic (exact) mass is 649 g/mol. The van der Waals surface area contributed by atoms with Crippen LogP contribution in [-0.4, -0.2) is 48.9 Å². The standard InChI is InChI=1S/C36H44ClN3O6/c1-23(2)18-29(38-33(41)28-21-27(37)16-17-32(28)46-22-26-14-10-7-11-15-26)34(42)39-30(19-24(3)4)35(43)40-31(36(44)45-5)20-25-12-8-6-9-13-25/h6-17,21,23-24,29-31H,18-20,22H2,1-5H3,(H,38,41)(H,39,42)(H,40,43)/t29-,30-,31-/m0/s1. The average Bonchev–Trinajstić information content (AvgIpc) is 3.03. The molecule has 0 aliphatic heterocycles. The summed E-state index contributed by atoms with van der Waals surface area (Å²) in [6, 6.07) is 20.7. The summed E-state index contributed by atoms with van der Waals surface area (Å²) in [5.74, 6) is -1.78. The van der Waals surface area contributed by atoms with E-state index in [-0.39, 0.29) is 30.4 Å². The Hall–Kier alpha value is -4.37. The molecule has 0 saturated heterocycles. The maximum Gasteiger partial charge on any atom is 0.328 e. The lowest BCUT2D eigenvalue weighted by molar-refractivity contribution is -0.145. The highest BCUT2D eigenvalue weighted by Gasteiger charge is 2.31. The molecule has 0 aliphatic rings. The number of hydrogen-bond donors (Lipinski definition) is 3. The van der Waals surface area contributed by atoms with Crippen LogP contribution < -0.4 is 20.7 Å². The molecule has 46 heavy (non-hydrogen) atoms. The molecule has 0 heterocycles. The number of methoxy groups -OCH3 is 1. The predicted octanol–water partition coefficient (Wildman–Crippen LogP) is 5.49. The molecule has 246 valence electrons. The number of ether oxygens (including phenoxy) is 2. The van der Waals surface area contributed by atoms with E-state index in [2.05, 4.69) is 16.0 Å². The van der Waals surface area contributed by atoms with Crippen molar-refractivity contribution in [2.75, 3.05) is 7.11 Å². The van der Waals surface area contributed by atoms with E-state index in [4.69, 9.17) is 21.1 Å². The van der Waals surface area contributed by atoms with Crippen molar-refractivity contribution >= 4 is 35.3 Å². The summed E-state index contributed by atoms with van der Waals surface area (Å²) in [5, 5.41) is 8.77. The van der Waals surface area contributed by atoms with Gasteiger partial charge in [-0.25, -0.2) is 4.79 Å². The molecule has 3 aromatic rings.